The normalized spacial score (nSPS) is 12.3. The molecule has 0 fully saturated rings. The topological polar surface area (TPSA) is 120 Å². The molecule has 2 rings (SSSR count). The van der Waals surface area contributed by atoms with Crippen LogP contribution in [0.15, 0.2) is 47.1 Å². The molecule has 1 heterocycles. The molecule has 126 valence electrons. The van der Waals surface area contributed by atoms with Gasteiger partial charge in [-0.25, -0.2) is 8.42 Å². The Kier molecular flexibility index (Phi) is 5.73. The number of hydrogen-bond donors (Lipinski definition) is 2. The van der Waals surface area contributed by atoms with E-state index in [-0.39, 0.29) is 18.1 Å². The molecule has 24 heavy (non-hydrogen) atoms. The summed E-state index contributed by atoms with van der Waals surface area (Å²) in [5.41, 5.74) is 0.929. The Morgan fingerprint density at radius 2 is 2.00 bits per heavy atom. The van der Waals surface area contributed by atoms with Crippen LogP contribution in [0.1, 0.15) is 23.0 Å². The van der Waals surface area contributed by atoms with E-state index >= 15 is 0 Å². The molecule has 1 aromatic carbocycles. The minimum atomic E-state index is -3.66. The number of amides is 1. The molecule has 7 nitrogen and oxygen atoms in total. The highest BCUT2D eigenvalue weighted by Gasteiger charge is 2.19. The van der Waals surface area contributed by atoms with E-state index in [1.165, 1.54) is 30.5 Å². The molecule has 0 aliphatic rings. The van der Waals surface area contributed by atoms with Gasteiger partial charge in [-0.1, -0.05) is 12.1 Å². The average molecular weight is 348 g/mol. The number of nitrogens with zero attached hydrogens (tertiary/aromatic N) is 1. The van der Waals surface area contributed by atoms with Crippen LogP contribution in [-0.4, -0.2) is 31.7 Å². The van der Waals surface area contributed by atoms with Crippen LogP contribution in [-0.2, 0) is 20.4 Å². The van der Waals surface area contributed by atoms with Gasteiger partial charge in [0.2, 0.25) is 5.91 Å². The SMILES string of the molecule is N#Cc1ccc(CS(=O)(=O)CC(=O)NCC(O)c2ccco2)cc1. The van der Waals surface area contributed by atoms with E-state index in [9.17, 15) is 18.3 Å². The second kappa shape index (κ2) is 7.77. The Hall–Kier alpha value is -2.63. The molecular weight excluding hydrogens is 332 g/mol. The molecule has 2 N–H and O–H groups in total. The largest absolute Gasteiger partial charge is 0.467 e. The summed E-state index contributed by atoms with van der Waals surface area (Å²) < 4.78 is 29.0. The highest BCUT2D eigenvalue weighted by molar-refractivity contribution is 7.91. The molecule has 1 amide bonds. The monoisotopic (exact) mass is 348 g/mol. The van der Waals surface area contributed by atoms with Gasteiger partial charge in [0, 0.05) is 0 Å². The van der Waals surface area contributed by atoms with Crippen molar-refractivity contribution >= 4 is 15.7 Å². The first-order chi connectivity index (χ1) is 11.4. The van der Waals surface area contributed by atoms with Gasteiger partial charge >= 0.3 is 0 Å². The highest BCUT2D eigenvalue weighted by Crippen LogP contribution is 2.12. The molecular formula is C16H16N2O5S. The smallest absolute Gasteiger partial charge is 0.235 e. The van der Waals surface area contributed by atoms with Crippen LogP contribution in [0.25, 0.3) is 0 Å². The van der Waals surface area contributed by atoms with Crippen molar-refractivity contribution in [3.8, 4) is 6.07 Å². The maximum Gasteiger partial charge on any atom is 0.235 e. The Labute approximate surface area is 139 Å². The summed E-state index contributed by atoms with van der Waals surface area (Å²) in [6, 6.07) is 11.2. The van der Waals surface area contributed by atoms with Crippen LogP contribution in [0.3, 0.4) is 0 Å². The van der Waals surface area contributed by atoms with Crippen LogP contribution < -0.4 is 5.32 Å². The fourth-order valence-corrected chi connectivity index (χ4v) is 3.33. The van der Waals surface area contributed by atoms with Gasteiger partial charge in [0.25, 0.3) is 0 Å². The maximum atomic E-state index is 12.0. The Morgan fingerprint density at radius 3 is 2.58 bits per heavy atom. The molecule has 2 aromatic rings. The quantitative estimate of drug-likeness (QED) is 0.767. The zero-order valence-electron chi connectivity index (χ0n) is 12.7. The summed E-state index contributed by atoms with van der Waals surface area (Å²) in [7, 11) is -3.66. The van der Waals surface area contributed by atoms with E-state index in [0.29, 0.717) is 11.1 Å². The zero-order valence-corrected chi connectivity index (χ0v) is 13.5. The van der Waals surface area contributed by atoms with E-state index in [0.717, 1.165) is 0 Å². The third-order valence-electron chi connectivity index (χ3n) is 3.18. The lowest BCUT2D eigenvalue weighted by molar-refractivity contribution is -0.119. The van der Waals surface area contributed by atoms with E-state index in [1.54, 1.807) is 12.1 Å². The zero-order chi connectivity index (χ0) is 17.6. The van der Waals surface area contributed by atoms with E-state index in [2.05, 4.69) is 5.32 Å². The molecule has 0 radical (unpaired) electrons. The molecule has 0 aliphatic carbocycles. The number of carbonyl (C=O) groups excluding carboxylic acids is 1. The van der Waals surface area contributed by atoms with Crippen molar-refractivity contribution in [3.63, 3.8) is 0 Å². The van der Waals surface area contributed by atoms with Crippen LogP contribution >= 0.6 is 0 Å². The lowest BCUT2D eigenvalue weighted by atomic mass is 10.2. The van der Waals surface area contributed by atoms with Gasteiger partial charge < -0.3 is 14.8 Å². The number of sulfone groups is 1. The standard InChI is InChI=1S/C16H16N2O5S/c17-8-12-3-5-13(6-4-12)10-24(21,22)11-16(20)18-9-14(19)15-2-1-7-23-15/h1-7,14,19H,9-11H2,(H,18,20). The van der Waals surface area contributed by atoms with E-state index in [4.69, 9.17) is 9.68 Å². The van der Waals surface area contributed by atoms with E-state index in [1.807, 2.05) is 6.07 Å². The molecule has 8 heteroatoms. The van der Waals surface area contributed by atoms with Crippen molar-refractivity contribution in [2.45, 2.75) is 11.9 Å². The van der Waals surface area contributed by atoms with E-state index < -0.39 is 27.6 Å². The summed E-state index contributed by atoms with van der Waals surface area (Å²) >= 11 is 0. The minimum absolute atomic E-state index is 0.140. The molecule has 1 aromatic heterocycles. The van der Waals surface area contributed by atoms with Crippen LogP contribution in [0.2, 0.25) is 0 Å². The first-order valence-electron chi connectivity index (χ1n) is 7.07. The Bertz CT molecular complexity index is 820. The number of rotatable bonds is 7. The third kappa shape index (κ3) is 5.22. The van der Waals surface area contributed by atoms with Crippen molar-refractivity contribution in [3.05, 3.63) is 59.5 Å². The maximum absolute atomic E-state index is 12.0. The van der Waals surface area contributed by atoms with Crippen molar-refractivity contribution in [1.82, 2.24) is 5.32 Å². The van der Waals surface area contributed by atoms with Crippen LogP contribution in [0.4, 0.5) is 0 Å². The average Bonchev–Trinajstić information content (AvgIpc) is 3.07. The van der Waals surface area contributed by atoms with Gasteiger partial charge in [-0.05, 0) is 29.8 Å². The predicted molar refractivity (Wildman–Crippen MR) is 85.3 cm³/mol. The Balaban J connectivity index is 1.86. The second-order valence-electron chi connectivity index (χ2n) is 5.18. The molecule has 0 spiro atoms. The minimum Gasteiger partial charge on any atom is -0.467 e. The number of aliphatic hydroxyl groups excluding tert-OH is 1. The molecule has 1 unspecified atom stereocenters. The van der Waals surface area contributed by atoms with Gasteiger partial charge in [-0.2, -0.15) is 5.26 Å². The van der Waals surface area contributed by atoms with Gasteiger partial charge in [-0.3, -0.25) is 4.79 Å². The van der Waals surface area contributed by atoms with Gasteiger partial charge in [0.05, 0.1) is 30.2 Å². The first-order valence-corrected chi connectivity index (χ1v) is 8.89. The third-order valence-corrected chi connectivity index (χ3v) is 4.66. The fraction of sp³-hybridized carbons (Fsp3) is 0.250. The summed E-state index contributed by atoms with van der Waals surface area (Å²) in [6.07, 6.45) is 0.354. The molecule has 0 saturated carbocycles. The first kappa shape index (κ1) is 17.7. The number of aliphatic hydroxyl groups is 1. The predicted octanol–water partition coefficient (Wildman–Crippen LogP) is 0.916. The van der Waals surface area contributed by atoms with Crippen molar-refractivity contribution in [2.24, 2.45) is 0 Å². The lowest BCUT2D eigenvalue weighted by Gasteiger charge is -2.10. The van der Waals surface area contributed by atoms with Gasteiger partial charge in [0.1, 0.15) is 17.6 Å². The summed E-state index contributed by atoms with van der Waals surface area (Å²) in [5.74, 6) is -1.39. The molecule has 0 aliphatic heterocycles. The van der Waals surface area contributed by atoms with Crippen LogP contribution in [0.5, 0.6) is 0 Å². The van der Waals surface area contributed by atoms with Crippen LogP contribution in [0, 0.1) is 11.3 Å². The number of nitriles is 1. The molecule has 1 atom stereocenters. The van der Waals surface area contributed by atoms with Crippen molar-refractivity contribution < 1.29 is 22.7 Å². The lowest BCUT2D eigenvalue weighted by Crippen LogP contribution is -2.33. The molecule has 0 bridgehead atoms. The van der Waals surface area contributed by atoms with Gasteiger partial charge in [-0.15, -0.1) is 0 Å². The Morgan fingerprint density at radius 1 is 1.29 bits per heavy atom. The molecule has 0 saturated heterocycles. The number of furan rings is 1. The fourth-order valence-electron chi connectivity index (χ4n) is 2.02. The number of nitrogens with one attached hydrogen (secondary N) is 1. The second-order valence-corrected chi connectivity index (χ2v) is 7.24. The number of benzene rings is 1. The van der Waals surface area contributed by atoms with Gasteiger partial charge in [0.15, 0.2) is 9.84 Å². The summed E-state index contributed by atoms with van der Waals surface area (Å²) in [4.78, 5) is 11.7. The van der Waals surface area contributed by atoms with Crippen molar-refractivity contribution in [1.29, 1.82) is 5.26 Å². The summed E-state index contributed by atoms with van der Waals surface area (Å²) in [6.45, 7) is -0.140. The number of carbonyl (C=O) groups is 1. The van der Waals surface area contributed by atoms with Crippen molar-refractivity contribution in [2.75, 3.05) is 12.3 Å². The highest BCUT2D eigenvalue weighted by atomic mass is 32.2. The summed E-state index contributed by atoms with van der Waals surface area (Å²) in [5, 5.41) is 20.8. The number of hydrogen-bond acceptors (Lipinski definition) is 6.